The summed E-state index contributed by atoms with van der Waals surface area (Å²) in [5.74, 6) is -0.142. The molecule has 0 aliphatic carbocycles. The second-order valence-electron chi connectivity index (χ2n) is 8.66. The predicted octanol–water partition coefficient (Wildman–Crippen LogP) is 5.07. The van der Waals surface area contributed by atoms with Gasteiger partial charge in [0, 0.05) is 73.7 Å². The van der Waals surface area contributed by atoms with Crippen molar-refractivity contribution in [2.45, 2.75) is 13.5 Å². The van der Waals surface area contributed by atoms with Crippen LogP contribution in [0.2, 0.25) is 0 Å². The maximum atomic E-state index is 14.7. The van der Waals surface area contributed by atoms with Crippen LogP contribution < -0.4 is 10.6 Å². The monoisotopic (exact) mass is 508 g/mol. The van der Waals surface area contributed by atoms with Gasteiger partial charge in [-0.15, -0.1) is 0 Å². The van der Waals surface area contributed by atoms with Crippen LogP contribution >= 0.6 is 0 Å². The highest BCUT2D eigenvalue weighted by Crippen LogP contribution is 2.22. The molecule has 0 spiro atoms. The number of anilines is 3. The van der Waals surface area contributed by atoms with Crippen LogP contribution in [0.5, 0.6) is 0 Å². The minimum absolute atomic E-state index is 0.206. The van der Waals surface area contributed by atoms with Gasteiger partial charge in [0.1, 0.15) is 11.6 Å². The SMILES string of the molecule is Cc1nc(NC(=O)c2ccc(CN3C=CN(C)C=C3)c(F)c2)ccc1Nc1nccc(-c2cccnc2)n1. The number of pyridine rings is 2. The van der Waals surface area contributed by atoms with Crippen LogP contribution in [0.15, 0.2) is 91.9 Å². The number of rotatable bonds is 7. The number of nitrogens with zero attached hydrogens (tertiary/aromatic N) is 6. The van der Waals surface area contributed by atoms with E-state index in [1.807, 2.05) is 59.8 Å². The molecule has 0 saturated carbocycles. The van der Waals surface area contributed by atoms with Gasteiger partial charge in [0.2, 0.25) is 5.95 Å². The molecule has 5 rings (SSSR count). The van der Waals surface area contributed by atoms with Gasteiger partial charge in [-0.1, -0.05) is 6.07 Å². The van der Waals surface area contributed by atoms with Crippen LogP contribution in [0.3, 0.4) is 0 Å². The first-order chi connectivity index (χ1) is 18.4. The van der Waals surface area contributed by atoms with Crippen LogP contribution in [0.25, 0.3) is 11.3 Å². The lowest BCUT2D eigenvalue weighted by Crippen LogP contribution is -2.18. The minimum atomic E-state index is -0.449. The molecule has 2 N–H and O–H groups in total. The summed E-state index contributed by atoms with van der Waals surface area (Å²) >= 11 is 0. The van der Waals surface area contributed by atoms with Crippen molar-refractivity contribution in [3.05, 3.63) is 115 Å². The first-order valence-electron chi connectivity index (χ1n) is 11.9. The van der Waals surface area contributed by atoms with Crippen molar-refractivity contribution < 1.29 is 9.18 Å². The number of hydrogen-bond donors (Lipinski definition) is 2. The fourth-order valence-corrected chi connectivity index (χ4v) is 3.77. The van der Waals surface area contributed by atoms with E-state index in [1.54, 1.807) is 49.8 Å². The highest BCUT2D eigenvalue weighted by molar-refractivity contribution is 6.03. The lowest BCUT2D eigenvalue weighted by atomic mass is 10.1. The summed E-state index contributed by atoms with van der Waals surface area (Å²) in [5.41, 5.74) is 3.63. The summed E-state index contributed by atoms with van der Waals surface area (Å²) in [6, 6.07) is 13.5. The molecule has 38 heavy (non-hydrogen) atoms. The van der Waals surface area contributed by atoms with Crippen molar-refractivity contribution in [3.63, 3.8) is 0 Å². The Kier molecular flexibility index (Phi) is 7.03. The molecule has 1 aliphatic heterocycles. The third-order valence-electron chi connectivity index (χ3n) is 5.84. The van der Waals surface area contributed by atoms with Crippen LogP contribution in [-0.2, 0) is 6.54 Å². The molecule has 3 aromatic heterocycles. The molecule has 0 saturated heterocycles. The van der Waals surface area contributed by atoms with Crippen molar-refractivity contribution >= 4 is 23.4 Å². The van der Waals surface area contributed by atoms with E-state index in [0.717, 1.165) is 11.3 Å². The number of halogens is 1. The molecule has 1 aliphatic rings. The number of aryl methyl sites for hydroxylation is 1. The van der Waals surface area contributed by atoms with Gasteiger partial charge >= 0.3 is 0 Å². The molecule has 0 bridgehead atoms. The van der Waals surface area contributed by atoms with E-state index < -0.39 is 11.7 Å². The van der Waals surface area contributed by atoms with Gasteiger partial charge in [-0.05, 0) is 49.4 Å². The Morgan fingerprint density at radius 3 is 2.58 bits per heavy atom. The average molecular weight is 509 g/mol. The van der Waals surface area contributed by atoms with Crippen LogP contribution in [-0.4, -0.2) is 42.7 Å². The Balaban J connectivity index is 1.24. The Bertz CT molecular complexity index is 1510. The zero-order valence-electron chi connectivity index (χ0n) is 20.8. The maximum absolute atomic E-state index is 14.7. The third kappa shape index (κ3) is 5.81. The van der Waals surface area contributed by atoms with Gasteiger partial charge < -0.3 is 20.4 Å². The van der Waals surface area contributed by atoms with Gasteiger partial charge in [0.25, 0.3) is 5.91 Å². The smallest absolute Gasteiger partial charge is 0.256 e. The fourth-order valence-electron chi connectivity index (χ4n) is 3.77. The number of benzene rings is 1. The van der Waals surface area contributed by atoms with Gasteiger partial charge in [-0.3, -0.25) is 9.78 Å². The number of carbonyl (C=O) groups excluding carboxylic acids is 1. The van der Waals surface area contributed by atoms with Crippen molar-refractivity contribution in [1.29, 1.82) is 0 Å². The molecule has 0 radical (unpaired) electrons. The normalized spacial score (nSPS) is 12.5. The largest absolute Gasteiger partial charge is 0.354 e. The van der Waals surface area contributed by atoms with Crippen LogP contribution in [0, 0.1) is 12.7 Å². The highest BCUT2D eigenvalue weighted by Gasteiger charge is 2.13. The molecule has 190 valence electrons. The molecule has 10 heteroatoms. The molecule has 0 unspecified atom stereocenters. The minimum Gasteiger partial charge on any atom is -0.354 e. The summed E-state index contributed by atoms with van der Waals surface area (Å²) in [6.45, 7) is 2.16. The standard InChI is InChI=1S/C28H25FN8O/c1-19-24(33-28-31-11-9-25(34-28)21-4-3-10-30-17-21)7-8-26(32-19)35-27(38)20-5-6-22(23(29)16-20)18-37-14-12-36(2)13-15-37/h3-17H,18H2,1-2H3,(H,31,33,34)(H,32,35,38). The zero-order valence-corrected chi connectivity index (χ0v) is 20.8. The Morgan fingerprint density at radius 1 is 1.00 bits per heavy atom. The predicted molar refractivity (Wildman–Crippen MR) is 143 cm³/mol. The van der Waals surface area contributed by atoms with Gasteiger partial charge in [-0.2, -0.15) is 0 Å². The summed E-state index contributed by atoms with van der Waals surface area (Å²) in [6.07, 6.45) is 12.6. The molecular weight excluding hydrogens is 483 g/mol. The average Bonchev–Trinajstić information content (AvgIpc) is 2.93. The summed E-state index contributed by atoms with van der Waals surface area (Å²) in [7, 11) is 1.91. The van der Waals surface area contributed by atoms with Crippen molar-refractivity contribution in [1.82, 2.24) is 29.7 Å². The lowest BCUT2D eigenvalue weighted by Gasteiger charge is -2.22. The van der Waals surface area contributed by atoms with Crippen molar-refractivity contribution in [2.24, 2.45) is 0 Å². The van der Waals surface area contributed by atoms with Crippen LogP contribution in [0.1, 0.15) is 21.6 Å². The number of hydrogen-bond acceptors (Lipinski definition) is 8. The van der Waals surface area contributed by atoms with E-state index in [1.165, 1.54) is 6.07 Å². The molecule has 0 atom stereocenters. The van der Waals surface area contributed by atoms with E-state index >= 15 is 0 Å². The Hall–Kier alpha value is -5.12. The first-order valence-corrected chi connectivity index (χ1v) is 11.9. The highest BCUT2D eigenvalue weighted by atomic mass is 19.1. The van der Waals surface area contributed by atoms with E-state index in [9.17, 15) is 9.18 Å². The topological polar surface area (TPSA) is 99.2 Å². The summed E-state index contributed by atoms with van der Waals surface area (Å²) in [5, 5.41) is 5.89. The molecule has 0 fully saturated rings. The molecule has 4 aromatic rings. The van der Waals surface area contributed by atoms with E-state index in [0.29, 0.717) is 35.3 Å². The van der Waals surface area contributed by atoms with Crippen LogP contribution in [0.4, 0.5) is 21.8 Å². The molecule has 9 nitrogen and oxygen atoms in total. The number of carbonyl (C=O) groups is 1. The zero-order chi connectivity index (χ0) is 26.5. The summed E-state index contributed by atoms with van der Waals surface area (Å²) in [4.78, 5) is 33.9. The molecule has 4 heterocycles. The number of amides is 1. The Morgan fingerprint density at radius 2 is 1.84 bits per heavy atom. The van der Waals surface area contributed by atoms with E-state index in [-0.39, 0.29) is 5.56 Å². The second kappa shape index (κ2) is 10.9. The fraction of sp³-hybridized carbons (Fsp3) is 0.107. The number of nitrogens with one attached hydrogen (secondary N) is 2. The van der Waals surface area contributed by atoms with Gasteiger partial charge in [-0.25, -0.2) is 19.3 Å². The number of aromatic nitrogens is 4. The first kappa shape index (κ1) is 24.6. The van der Waals surface area contributed by atoms with E-state index in [4.69, 9.17) is 0 Å². The van der Waals surface area contributed by atoms with Gasteiger partial charge in [0.15, 0.2) is 0 Å². The quantitative estimate of drug-likeness (QED) is 0.357. The Labute approximate surface area is 219 Å². The molecular formula is C28H25FN8O. The second-order valence-corrected chi connectivity index (χ2v) is 8.66. The van der Waals surface area contributed by atoms with Crippen molar-refractivity contribution in [2.75, 3.05) is 17.7 Å². The summed E-state index contributed by atoms with van der Waals surface area (Å²) < 4.78 is 14.7. The maximum Gasteiger partial charge on any atom is 0.256 e. The molecule has 1 aromatic carbocycles. The third-order valence-corrected chi connectivity index (χ3v) is 5.84. The molecule has 1 amide bonds. The van der Waals surface area contributed by atoms with Crippen molar-refractivity contribution in [3.8, 4) is 11.3 Å². The van der Waals surface area contributed by atoms with Gasteiger partial charge in [0.05, 0.1) is 17.1 Å². The lowest BCUT2D eigenvalue weighted by molar-refractivity contribution is 0.102. The van der Waals surface area contributed by atoms with E-state index in [2.05, 4.69) is 30.6 Å².